The minimum Gasteiger partial charge on any atom is -0.291 e. The molecule has 68 heavy (non-hydrogen) atoms. The molecule has 3 heterocycles. The van der Waals surface area contributed by atoms with Gasteiger partial charge < -0.3 is 0 Å². The molecule has 12 aromatic carbocycles. The van der Waals surface area contributed by atoms with Gasteiger partial charge in [0.25, 0.3) is 0 Å². The Bertz CT molecular complexity index is 4560. The Balaban J connectivity index is 0.828. The van der Waals surface area contributed by atoms with E-state index in [1.54, 1.807) is 0 Å². The predicted octanol–water partition coefficient (Wildman–Crippen LogP) is 18.4. The van der Waals surface area contributed by atoms with Gasteiger partial charge in [0.05, 0.1) is 21.4 Å². The van der Waals surface area contributed by atoms with Crippen molar-refractivity contribution in [1.82, 2.24) is 9.38 Å². The van der Waals surface area contributed by atoms with Crippen molar-refractivity contribution < 1.29 is 0 Å². The molecule has 0 saturated carbocycles. The van der Waals surface area contributed by atoms with Gasteiger partial charge in [0.1, 0.15) is 0 Å². The van der Waals surface area contributed by atoms with Crippen molar-refractivity contribution in [1.29, 1.82) is 0 Å². The molecule has 0 atom stereocenters. The van der Waals surface area contributed by atoms with Crippen LogP contribution in [0.3, 0.4) is 0 Å². The second-order valence-electron chi connectivity index (χ2n) is 18.2. The Morgan fingerprint density at radius 2 is 0.765 bits per heavy atom. The molecule has 3 heteroatoms. The highest BCUT2D eigenvalue weighted by Crippen LogP contribution is 2.45. The number of aromatic nitrogens is 2. The van der Waals surface area contributed by atoms with Crippen molar-refractivity contribution in [3.8, 4) is 44.6 Å². The number of imidazole rings is 1. The summed E-state index contributed by atoms with van der Waals surface area (Å²) < 4.78 is 4.92. The Hall–Kier alpha value is -8.63. The molecule has 15 aromatic rings. The maximum absolute atomic E-state index is 5.49. The number of nitrogens with zero attached hydrogens (tertiary/aromatic N) is 2. The summed E-state index contributed by atoms with van der Waals surface area (Å²) >= 11 is 1.86. The van der Waals surface area contributed by atoms with Gasteiger partial charge in [-0.25, -0.2) is 4.98 Å². The van der Waals surface area contributed by atoms with Gasteiger partial charge in [-0.15, -0.1) is 11.3 Å². The zero-order chi connectivity index (χ0) is 44.5. The van der Waals surface area contributed by atoms with E-state index < -0.39 is 0 Å². The van der Waals surface area contributed by atoms with Crippen LogP contribution in [0.2, 0.25) is 0 Å². The number of pyridine rings is 1. The Kier molecular flexibility index (Phi) is 7.98. The van der Waals surface area contributed by atoms with Crippen LogP contribution in [-0.4, -0.2) is 9.38 Å². The van der Waals surface area contributed by atoms with E-state index in [2.05, 4.69) is 235 Å². The van der Waals surface area contributed by atoms with E-state index in [0.717, 1.165) is 27.9 Å². The van der Waals surface area contributed by atoms with E-state index >= 15 is 0 Å². The van der Waals surface area contributed by atoms with Crippen molar-refractivity contribution in [3.63, 3.8) is 0 Å². The average Bonchev–Trinajstić information content (AvgIpc) is 4.00. The smallest absolute Gasteiger partial charge is 0.156 e. The second-order valence-corrected chi connectivity index (χ2v) is 19.2. The fourth-order valence-electron chi connectivity index (χ4n) is 11.3. The first kappa shape index (κ1) is 37.6. The summed E-state index contributed by atoms with van der Waals surface area (Å²) in [5.74, 6) is 0. The molecule has 0 bridgehead atoms. The predicted molar refractivity (Wildman–Crippen MR) is 292 cm³/mol. The van der Waals surface area contributed by atoms with Crippen LogP contribution in [0.15, 0.2) is 231 Å². The maximum Gasteiger partial charge on any atom is 0.156 e. The number of hydrogen-bond acceptors (Lipinski definition) is 2. The number of hydrogen-bond donors (Lipinski definition) is 0. The first-order valence-corrected chi connectivity index (χ1v) is 24.2. The number of benzene rings is 12. The fourth-order valence-corrected chi connectivity index (χ4v) is 12.6. The highest BCUT2D eigenvalue weighted by Gasteiger charge is 2.20. The van der Waals surface area contributed by atoms with Gasteiger partial charge in [-0.3, -0.25) is 4.40 Å². The topological polar surface area (TPSA) is 17.3 Å². The van der Waals surface area contributed by atoms with Crippen molar-refractivity contribution in [2.75, 3.05) is 0 Å². The lowest BCUT2D eigenvalue weighted by Crippen LogP contribution is -1.93. The van der Waals surface area contributed by atoms with Gasteiger partial charge in [0, 0.05) is 20.9 Å². The lowest BCUT2D eigenvalue weighted by molar-refractivity contribution is 1.25. The zero-order valence-electron chi connectivity index (χ0n) is 36.7. The summed E-state index contributed by atoms with van der Waals surface area (Å²) in [5, 5.41) is 17.7. The van der Waals surface area contributed by atoms with Gasteiger partial charge >= 0.3 is 0 Å². The molecule has 0 radical (unpaired) electrons. The van der Waals surface area contributed by atoms with Crippen LogP contribution in [-0.2, 0) is 0 Å². The maximum atomic E-state index is 5.49. The average molecular weight is 879 g/mol. The van der Waals surface area contributed by atoms with E-state index in [9.17, 15) is 0 Å². The molecule has 0 spiro atoms. The van der Waals surface area contributed by atoms with Gasteiger partial charge in [0.2, 0.25) is 0 Å². The van der Waals surface area contributed by atoms with Crippen molar-refractivity contribution in [3.05, 3.63) is 231 Å². The molecular weight excluding hydrogens is 841 g/mol. The van der Waals surface area contributed by atoms with E-state index in [4.69, 9.17) is 4.98 Å². The molecule has 0 fully saturated rings. The molecule has 0 amide bonds. The van der Waals surface area contributed by atoms with Crippen LogP contribution in [0.25, 0.3) is 146 Å². The van der Waals surface area contributed by atoms with Gasteiger partial charge in [-0.1, -0.05) is 212 Å². The minimum atomic E-state index is 1.01. The summed E-state index contributed by atoms with van der Waals surface area (Å²) in [6, 6.07) is 85.1. The van der Waals surface area contributed by atoms with Crippen LogP contribution >= 0.6 is 11.3 Å². The first-order chi connectivity index (χ1) is 33.7. The van der Waals surface area contributed by atoms with Crippen LogP contribution < -0.4 is 0 Å². The number of thiophene rings is 1. The Labute approximate surface area is 395 Å². The quantitative estimate of drug-likeness (QED) is 0.161. The summed E-state index contributed by atoms with van der Waals surface area (Å²) in [6.07, 6.45) is 0. The Morgan fingerprint density at radius 1 is 0.294 bits per heavy atom. The molecule has 0 aliphatic heterocycles. The summed E-state index contributed by atoms with van der Waals surface area (Å²) in [7, 11) is 0. The van der Waals surface area contributed by atoms with Gasteiger partial charge in [0.15, 0.2) is 5.65 Å². The second kappa shape index (κ2) is 14.4. The molecule has 3 aromatic heterocycles. The zero-order valence-corrected chi connectivity index (χ0v) is 37.6. The molecule has 0 unspecified atom stereocenters. The lowest BCUT2D eigenvalue weighted by Gasteiger charge is -2.14. The molecule has 314 valence electrons. The largest absolute Gasteiger partial charge is 0.291 e. The summed E-state index contributed by atoms with van der Waals surface area (Å²) in [5.41, 5.74) is 12.7. The Morgan fingerprint density at radius 3 is 1.41 bits per heavy atom. The minimum absolute atomic E-state index is 1.01. The van der Waals surface area contributed by atoms with E-state index in [1.807, 2.05) is 11.3 Å². The summed E-state index contributed by atoms with van der Waals surface area (Å²) in [6.45, 7) is 0. The summed E-state index contributed by atoms with van der Waals surface area (Å²) in [4.78, 5) is 5.49. The van der Waals surface area contributed by atoms with Crippen molar-refractivity contribution in [2.24, 2.45) is 0 Å². The molecular formula is C65H38N2S. The molecule has 15 rings (SSSR count). The molecule has 0 aliphatic rings. The van der Waals surface area contributed by atoms with E-state index in [1.165, 1.54) is 118 Å². The molecule has 0 N–H and O–H groups in total. The normalized spacial score (nSPS) is 12.1. The number of rotatable bonds is 4. The fraction of sp³-hybridized carbons (Fsp3) is 0. The van der Waals surface area contributed by atoms with Gasteiger partial charge in [-0.05, 0) is 116 Å². The third-order valence-electron chi connectivity index (χ3n) is 14.6. The van der Waals surface area contributed by atoms with Crippen LogP contribution in [0.1, 0.15) is 0 Å². The van der Waals surface area contributed by atoms with Crippen molar-refractivity contribution >= 4 is 113 Å². The number of fused-ring (bicyclic) bond motifs is 18. The third kappa shape index (κ3) is 5.48. The van der Waals surface area contributed by atoms with Crippen LogP contribution in [0.4, 0.5) is 0 Å². The highest BCUT2D eigenvalue weighted by atomic mass is 32.1. The highest BCUT2D eigenvalue weighted by molar-refractivity contribution is 7.27. The van der Waals surface area contributed by atoms with Gasteiger partial charge in [-0.2, -0.15) is 0 Å². The lowest BCUT2D eigenvalue weighted by atomic mass is 9.90. The van der Waals surface area contributed by atoms with E-state index in [-0.39, 0.29) is 0 Å². The molecule has 0 aliphatic carbocycles. The molecule has 2 nitrogen and oxygen atoms in total. The standard InChI is InChI=1S/C65H38N2S/c1-3-13-48-40(11-1)31-36-60-62(48)66-65-64-59(57-33-29-41-12-2-4-14-49(41)63(57)68-64)38-61(67(60)65)44-27-25-43(26-28-44)47-35-34-46(50-15-5-6-16-51(47)50)42-23-21-39(22-24-42)45-30-32-56-54-19-8-7-17-52(54)53-18-9-10-20-55(53)58(56)37-45/h1-38H. The van der Waals surface area contributed by atoms with Crippen LogP contribution in [0.5, 0.6) is 0 Å². The van der Waals surface area contributed by atoms with Crippen LogP contribution in [0, 0.1) is 0 Å². The first-order valence-electron chi connectivity index (χ1n) is 23.4. The van der Waals surface area contributed by atoms with E-state index in [0.29, 0.717) is 0 Å². The monoisotopic (exact) mass is 878 g/mol. The third-order valence-corrected chi connectivity index (χ3v) is 15.8. The van der Waals surface area contributed by atoms with Crippen molar-refractivity contribution in [2.45, 2.75) is 0 Å². The molecule has 0 saturated heterocycles. The SMILES string of the molecule is c1ccc2c(c1)ccc1c2nc2c3sc4c5ccccc5ccc4c3cc(-c3ccc(-c4ccc(-c5ccc(-c6ccc7c8ccccc8c8ccccc8c7c6)cc5)c5ccccc45)cc3)n12.